The number of fused-ring (bicyclic) bond motifs is 1. The summed E-state index contributed by atoms with van der Waals surface area (Å²) in [5.41, 5.74) is 2.93. The second-order valence-electron chi connectivity index (χ2n) is 9.73. The van der Waals surface area contributed by atoms with Crippen LogP contribution in [0.5, 0.6) is 0 Å². The number of hydrogen-bond acceptors (Lipinski definition) is 5. The van der Waals surface area contributed by atoms with E-state index >= 15 is 0 Å². The van der Waals surface area contributed by atoms with Crippen LogP contribution in [-0.4, -0.2) is 36.9 Å². The lowest BCUT2D eigenvalue weighted by Gasteiger charge is -2.17. The van der Waals surface area contributed by atoms with Gasteiger partial charge in [-0.3, -0.25) is 14.6 Å². The van der Waals surface area contributed by atoms with Crippen LogP contribution in [0.1, 0.15) is 60.8 Å². The average molecular weight is 471 g/mol. The van der Waals surface area contributed by atoms with Crippen molar-refractivity contribution in [2.75, 3.05) is 5.32 Å². The molecule has 0 saturated heterocycles. The molecule has 0 atom stereocenters. The number of rotatable bonds is 8. The van der Waals surface area contributed by atoms with E-state index in [9.17, 15) is 14.7 Å². The van der Waals surface area contributed by atoms with Crippen molar-refractivity contribution in [3.05, 3.63) is 89.5 Å². The molecule has 1 aromatic carbocycles. The van der Waals surface area contributed by atoms with Crippen molar-refractivity contribution >= 4 is 28.4 Å². The van der Waals surface area contributed by atoms with Crippen molar-refractivity contribution < 1.29 is 14.7 Å². The van der Waals surface area contributed by atoms with Crippen LogP contribution >= 0.6 is 0 Å². The average Bonchev–Trinajstić information content (AvgIpc) is 3.18. The second-order valence-corrected chi connectivity index (χ2v) is 9.73. The molecule has 3 heterocycles. The number of pyridine rings is 2. The van der Waals surface area contributed by atoms with Crippen LogP contribution in [0.4, 0.5) is 5.82 Å². The van der Waals surface area contributed by atoms with Gasteiger partial charge in [-0.25, -0.2) is 4.98 Å². The van der Waals surface area contributed by atoms with E-state index in [1.807, 2.05) is 36.5 Å². The molecule has 0 aliphatic rings. The lowest BCUT2D eigenvalue weighted by atomic mass is 9.97. The van der Waals surface area contributed by atoms with Gasteiger partial charge in [0, 0.05) is 53.8 Å². The van der Waals surface area contributed by atoms with Gasteiger partial charge < -0.3 is 15.0 Å². The topological polar surface area (TPSA) is 97.1 Å². The monoisotopic (exact) mass is 470 g/mol. The van der Waals surface area contributed by atoms with Crippen LogP contribution in [0.25, 0.3) is 10.9 Å². The normalized spacial score (nSPS) is 11.7. The third kappa shape index (κ3) is 5.81. The highest BCUT2D eigenvalue weighted by Crippen LogP contribution is 2.26. The number of aliphatic hydroxyl groups is 1. The van der Waals surface area contributed by atoms with Crippen molar-refractivity contribution in [3.63, 3.8) is 0 Å². The van der Waals surface area contributed by atoms with Crippen LogP contribution in [-0.2, 0) is 17.6 Å². The summed E-state index contributed by atoms with van der Waals surface area (Å²) in [4.78, 5) is 34.5. The Morgan fingerprint density at radius 3 is 2.60 bits per heavy atom. The summed E-state index contributed by atoms with van der Waals surface area (Å²) in [6, 6.07) is 12.9. The van der Waals surface area contributed by atoms with Gasteiger partial charge in [0.05, 0.1) is 17.5 Å². The second kappa shape index (κ2) is 9.80. The van der Waals surface area contributed by atoms with E-state index in [1.165, 1.54) is 6.20 Å². The number of hydrogen-bond donors (Lipinski definition) is 2. The van der Waals surface area contributed by atoms with E-state index in [-0.39, 0.29) is 24.2 Å². The van der Waals surface area contributed by atoms with Gasteiger partial charge in [0.2, 0.25) is 5.91 Å². The molecule has 35 heavy (non-hydrogen) atoms. The van der Waals surface area contributed by atoms with E-state index in [2.05, 4.69) is 33.7 Å². The standard InChI is InChI=1S/C28H30N4O3/c1-18(2)32-17-23(22-16-29-10-9-24(22)32)27(34)21-8-11-30-25(14-21)31-26(33)13-19-6-5-7-20(12-19)15-28(3,4)35/h5-12,14,16-18,35H,13,15H2,1-4H3,(H,30,31,33). The number of benzene rings is 1. The van der Waals surface area contributed by atoms with Gasteiger partial charge in [-0.2, -0.15) is 0 Å². The summed E-state index contributed by atoms with van der Waals surface area (Å²) in [6.07, 6.45) is 7.46. The Morgan fingerprint density at radius 1 is 1.09 bits per heavy atom. The Morgan fingerprint density at radius 2 is 1.86 bits per heavy atom. The van der Waals surface area contributed by atoms with E-state index in [0.717, 1.165) is 22.0 Å². The predicted octanol–water partition coefficient (Wildman–Crippen LogP) is 4.74. The molecule has 0 unspecified atom stereocenters. The number of nitrogens with zero attached hydrogens (tertiary/aromatic N) is 3. The van der Waals surface area contributed by atoms with E-state index in [0.29, 0.717) is 23.4 Å². The zero-order valence-corrected chi connectivity index (χ0v) is 20.4. The predicted molar refractivity (Wildman–Crippen MR) is 137 cm³/mol. The Kier molecular flexibility index (Phi) is 6.80. The van der Waals surface area contributed by atoms with E-state index in [4.69, 9.17) is 0 Å². The maximum atomic E-state index is 13.4. The molecule has 0 fully saturated rings. The first-order valence-electron chi connectivity index (χ1n) is 11.7. The highest BCUT2D eigenvalue weighted by Gasteiger charge is 2.19. The Labute approximate surface area is 204 Å². The summed E-state index contributed by atoms with van der Waals surface area (Å²) >= 11 is 0. The number of nitrogens with one attached hydrogen (secondary N) is 1. The molecule has 2 N–H and O–H groups in total. The third-order valence-corrected chi connectivity index (χ3v) is 5.72. The van der Waals surface area contributed by atoms with E-state index in [1.54, 1.807) is 38.4 Å². The van der Waals surface area contributed by atoms with Crippen molar-refractivity contribution in [3.8, 4) is 0 Å². The Hall–Kier alpha value is -3.84. The fraction of sp³-hybridized carbons (Fsp3) is 0.286. The third-order valence-electron chi connectivity index (χ3n) is 5.72. The number of carbonyl (C=O) groups is 2. The SMILES string of the molecule is CC(C)n1cc(C(=O)c2ccnc(NC(=O)Cc3cccc(CC(C)(C)O)c3)c2)c2cnccc21. The fourth-order valence-corrected chi connectivity index (χ4v) is 4.22. The first kappa shape index (κ1) is 24.3. The summed E-state index contributed by atoms with van der Waals surface area (Å²) < 4.78 is 2.06. The van der Waals surface area contributed by atoms with Gasteiger partial charge in [-0.05, 0) is 57.0 Å². The summed E-state index contributed by atoms with van der Waals surface area (Å²) in [7, 11) is 0. The Bertz CT molecular complexity index is 1380. The van der Waals surface area contributed by atoms with Crippen LogP contribution in [0.15, 0.2) is 67.3 Å². The zero-order valence-electron chi connectivity index (χ0n) is 20.4. The molecule has 0 radical (unpaired) electrons. The zero-order chi connectivity index (χ0) is 25.2. The number of anilines is 1. The molecule has 3 aromatic heterocycles. The highest BCUT2D eigenvalue weighted by atomic mass is 16.3. The largest absolute Gasteiger partial charge is 0.390 e. The molecule has 0 aliphatic carbocycles. The first-order chi connectivity index (χ1) is 16.6. The van der Waals surface area contributed by atoms with Gasteiger partial charge in [-0.15, -0.1) is 0 Å². The smallest absolute Gasteiger partial charge is 0.229 e. The fourth-order valence-electron chi connectivity index (χ4n) is 4.22. The molecule has 0 saturated carbocycles. The molecule has 1 amide bonds. The molecular weight excluding hydrogens is 440 g/mol. The maximum Gasteiger partial charge on any atom is 0.229 e. The molecular formula is C28H30N4O3. The van der Waals surface area contributed by atoms with Crippen molar-refractivity contribution in [2.24, 2.45) is 0 Å². The number of carbonyl (C=O) groups excluding carboxylic acids is 2. The minimum atomic E-state index is -0.824. The highest BCUT2D eigenvalue weighted by molar-refractivity contribution is 6.16. The molecule has 0 bridgehead atoms. The molecule has 180 valence electrons. The molecule has 4 aromatic rings. The lowest BCUT2D eigenvalue weighted by molar-refractivity contribution is -0.115. The van der Waals surface area contributed by atoms with Crippen LogP contribution in [0.3, 0.4) is 0 Å². The van der Waals surface area contributed by atoms with Crippen molar-refractivity contribution in [1.29, 1.82) is 0 Å². The van der Waals surface area contributed by atoms with Gasteiger partial charge in [0.15, 0.2) is 5.78 Å². The summed E-state index contributed by atoms with van der Waals surface area (Å²) in [5, 5.41) is 13.6. The van der Waals surface area contributed by atoms with Gasteiger partial charge in [0.1, 0.15) is 5.82 Å². The number of ketones is 1. The molecule has 0 spiro atoms. The minimum absolute atomic E-state index is 0.153. The van der Waals surface area contributed by atoms with Crippen LogP contribution < -0.4 is 5.32 Å². The molecule has 0 aliphatic heterocycles. The molecule has 7 heteroatoms. The first-order valence-corrected chi connectivity index (χ1v) is 11.7. The van der Waals surface area contributed by atoms with Gasteiger partial charge in [-0.1, -0.05) is 24.3 Å². The molecule has 4 rings (SSSR count). The number of amides is 1. The summed E-state index contributed by atoms with van der Waals surface area (Å²) in [6.45, 7) is 7.63. The van der Waals surface area contributed by atoms with E-state index < -0.39 is 5.60 Å². The number of aromatic nitrogens is 3. The molecule has 7 nitrogen and oxygen atoms in total. The van der Waals surface area contributed by atoms with Crippen LogP contribution in [0, 0.1) is 0 Å². The maximum absolute atomic E-state index is 13.4. The lowest BCUT2D eigenvalue weighted by Crippen LogP contribution is -2.22. The van der Waals surface area contributed by atoms with Crippen molar-refractivity contribution in [1.82, 2.24) is 14.5 Å². The Balaban J connectivity index is 1.51. The summed E-state index contributed by atoms with van der Waals surface area (Å²) in [5.74, 6) is -0.0676. The van der Waals surface area contributed by atoms with Crippen molar-refractivity contribution in [2.45, 2.75) is 52.2 Å². The minimum Gasteiger partial charge on any atom is -0.390 e. The van der Waals surface area contributed by atoms with Crippen LogP contribution in [0.2, 0.25) is 0 Å². The van der Waals surface area contributed by atoms with Gasteiger partial charge >= 0.3 is 0 Å². The van der Waals surface area contributed by atoms with Gasteiger partial charge in [0.25, 0.3) is 0 Å². The quantitative estimate of drug-likeness (QED) is 0.363.